The summed E-state index contributed by atoms with van der Waals surface area (Å²) >= 11 is 0. The first-order valence-electron chi connectivity index (χ1n) is 5.65. The summed E-state index contributed by atoms with van der Waals surface area (Å²) in [6, 6.07) is 5.99. The van der Waals surface area contributed by atoms with Gasteiger partial charge in [-0.25, -0.2) is 0 Å². The van der Waals surface area contributed by atoms with E-state index >= 15 is 0 Å². The first-order valence-corrected chi connectivity index (χ1v) is 5.65. The average molecular weight is 299 g/mol. The molecule has 0 radical (unpaired) electrons. The van der Waals surface area contributed by atoms with E-state index in [-0.39, 0.29) is 5.69 Å². The van der Waals surface area contributed by atoms with E-state index in [0.717, 1.165) is 0 Å². The number of nitrogens with zero attached hydrogens (tertiary/aromatic N) is 1. The van der Waals surface area contributed by atoms with E-state index in [9.17, 15) is 22.0 Å². The maximum absolute atomic E-state index is 13.4. The molecule has 0 aliphatic rings. The van der Waals surface area contributed by atoms with Crippen LogP contribution in [0.25, 0.3) is 0 Å². The van der Waals surface area contributed by atoms with Crippen LogP contribution in [0.3, 0.4) is 0 Å². The van der Waals surface area contributed by atoms with E-state index in [4.69, 9.17) is 4.74 Å². The molecule has 0 aromatic heterocycles. The summed E-state index contributed by atoms with van der Waals surface area (Å²) in [5.41, 5.74) is -0.832. The monoisotopic (exact) mass is 299 g/mol. The standard InChI is InChI=1S/C13H7BF5NO/c1-21-7-4-2-6(3-5-7)20-14-8-9(15)11(17)13(19)12(18)10(8)16/h2-5H,1H3. The number of hydrogen-bond donors (Lipinski definition) is 0. The quantitative estimate of drug-likeness (QED) is 0.369. The zero-order chi connectivity index (χ0) is 15.6. The minimum absolute atomic E-state index is 0.264. The Morgan fingerprint density at radius 1 is 0.810 bits per heavy atom. The van der Waals surface area contributed by atoms with Crippen molar-refractivity contribution < 1.29 is 26.7 Å². The normalized spacial score (nSPS) is 10.8. The molecule has 8 heteroatoms. The first kappa shape index (κ1) is 15.1. The van der Waals surface area contributed by atoms with Gasteiger partial charge in [0.05, 0.1) is 0 Å². The van der Waals surface area contributed by atoms with Gasteiger partial charge in [0, 0.05) is 0 Å². The SMILES string of the molecule is COc1ccc(N=Bc2c(F)c(F)c(F)c(F)c2F)cc1. The van der Waals surface area contributed by atoms with Crippen LogP contribution < -0.4 is 10.2 Å². The van der Waals surface area contributed by atoms with Gasteiger partial charge in [-0.1, -0.05) is 0 Å². The van der Waals surface area contributed by atoms with E-state index < -0.39 is 34.5 Å². The second-order valence-electron chi connectivity index (χ2n) is 3.94. The number of rotatable bonds is 3. The molecule has 0 atom stereocenters. The third-order valence-corrected chi connectivity index (χ3v) is 2.66. The van der Waals surface area contributed by atoms with Crippen LogP contribution in [-0.2, 0) is 0 Å². The van der Waals surface area contributed by atoms with Crippen LogP contribution in [0.1, 0.15) is 0 Å². The molecule has 2 rings (SSSR count). The van der Waals surface area contributed by atoms with Crippen molar-refractivity contribution in [2.24, 2.45) is 4.90 Å². The van der Waals surface area contributed by atoms with Crippen LogP contribution in [0.4, 0.5) is 27.6 Å². The minimum atomic E-state index is -2.20. The molecule has 0 saturated heterocycles. The molecule has 0 fully saturated rings. The van der Waals surface area contributed by atoms with Crippen LogP contribution in [0.15, 0.2) is 29.2 Å². The molecule has 2 aromatic carbocycles. The zero-order valence-corrected chi connectivity index (χ0v) is 10.6. The summed E-state index contributed by atoms with van der Waals surface area (Å²) < 4.78 is 70.5. The summed E-state index contributed by atoms with van der Waals surface area (Å²) in [6.45, 7) is 0. The van der Waals surface area contributed by atoms with Crippen LogP contribution in [0, 0.1) is 29.1 Å². The van der Waals surface area contributed by atoms with Gasteiger partial charge in [-0.15, -0.1) is 0 Å². The van der Waals surface area contributed by atoms with Crippen LogP contribution in [-0.4, -0.2) is 14.2 Å². The van der Waals surface area contributed by atoms with Crippen LogP contribution >= 0.6 is 0 Å². The molecule has 21 heavy (non-hydrogen) atoms. The van der Waals surface area contributed by atoms with Gasteiger partial charge in [-0.2, -0.15) is 0 Å². The topological polar surface area (TPSA) is 21.6 Å². The Morgan fingerprint density at radius 2 is 1.29 bits per heavy atom. The Kier molecular flexibility index (Phi) is 4.35. The molecular formula is C13H7BF5NO. The van der Waals surface area contributed by atoms with Crippen molar-refractivity contribution in [3.8, 4) is 5.75 Å². The molecule has 0 amide bonds. The molecule has 108 valence electrons. The molecule has 0 unspecified atom stereocenters. The first-order chi connectivity index (χ1) is 9.95. The molecule has 0 aliphatic heterocycles. The molecule has 0 N–H and O–H groups in total. The summed E-state index contributed by atoms with van der Waals surface area (Å²) in [4.78, 5) is 3.67. The van der Waals surface area contributed by atoms with E-state index in [0.29, 0.717) is 12.8 Å². The number of benzene rings is 2. The van der Waals surface area contributed by atoms with Crippen molar-refractivity contribution in [3.05, 3.63) is 53.4 Å². The van der Waals surface area contributed by atoms with Crippen LogP contribution in [0.5, 0.6) is 5.75 Å². The molecule has 0 bridgehead atoms. The average Bonchev–Trinajstić information content (AvgIpc) is 2.51. The molecule has 0 heterocycles. The van der Waals surface area contributed by atoms with Crippen molar-refractivity contribution in [1.82, 2.24) is 0 Å². The Hall–Kier alpha value is -2.25. The molecule has 2 nitrogen and oxygen atoms in total. The molecule has 0 saturated carbocycles. The predicted octanol–water partition coefficient (Wildman–Crippen LogP) is 3.24. The van der Waals surface area contributed by atoms with Crippen molar-refractivity contribution in [3.63, 3.8) is 0 Å². The molecular weight excluding hydrogens is 292 g/mol. The Bertz CT molecular complexity index is 674. The van der Waals surface area contributed by atoms with Gasteiger partial charge in [-0.05, 0) is 0 Å². The number of hydrogen-bond acceptors (Lipinski definition) is 2. The molecule has 2 aromatic rings. The Morgan fingerprint density at radius 3 is 1.76 bits per heavy atom. The third kappa shape index (κ3) is 2.93. The van der Waals surface area contributed by atoms with Gasteiger partial charge in [0.15, 0.2) is 0 Å². The Balaban J connectivity index is 2.41. The summed E-state index contributed by atoms with van der Waals surface area (Å²) in [6.07, 6.45) is 0. The van der Waals surface area contributed by atoms with E-state index in [1.165, 1.54) is 31.4 Å². The van der Waals surface area contributed by atoms with Crippen molar-refractivity contribution >= 4 is 18.2 Å². The fourth-order valence-electron chi connectivity index (χ4n) is 1.54. The van der Waals surface area contributed by atoms with Gasteiger partial charge in [-0.3, -0.25) is 0 Å². The van der Waals surface area contributed by atoms with E-state index in [1.807, 2.05) is 0 Å². The second-order valence-corrected chi connectivity index (χ2v) is 3.94. The predicted molar refractivity (Wildman–Crippen MR) is 66.7 cm³/mol. The van der Waals surface area contributed by atoms with E-state index in [1.54, 1.807) is 0 Å². The van der Waals surface area contributed by atoms with Gasteiger partial charge in [0.1, 0.15) is 0 Å². The van der Waals surface area contributed by atoms with Crippen molar-refractivity contribution in [1.29, 1.82) is 0 Å². The summed E-state index contributed by atoms with van der Waals surface area (Å²) in [5, 5.41) is 0. The van der Waals surface area contributed by atoms with Crippen LogP contribution in [0.2, 0.25) is 0 Å². The van der Waals surface area contributed by atoms with Gasteiger partial charge in [0.2, 0.25) is 0 Å². The maximum atomic E-state index is 13.4. The van der Waals surface area contributed by atoms with Crippen molar-refractivity contribution in [2.75, 3.05) is 7.11 Å². The fraction of sp³-hybridized carbons (Fsp3) is 0.0769. The number of methoxy groups -OCH3 is 1. The number of halogens is 5. The molecule has 0 aliphatic carbocycles. The second kappa shape index (κ2) is 6.03. The summed E-state index contributed by atoms with van der Waals surface area (Å²) in [7, 11) is 2.03. The molecule has 0 spiro atoms. The van der Waals surface area contributed by atoms with Gasteiger partial charge < -0.3 is 0 Å². The van der Waals surface area contributed by atoms with Gasteiger partial charge in [0.25, 0.3) is 0 Å². The fourth-order valence-corrected chi connectivity index (χ4v) is 1.54. The third-order valence-electron chi connectivity index (χ3n) is 2.66. The number of ether oxygens (including phenoxy) is 1. The van der Waals surface area contributed by atoms with Crippen molar-refractivity contribution in [2.45, 2.75) is 0 Å². The summed E-state index contributed by atoms with van der Waals surface area (Å²) in [5.74, 6) is -9.54. The van der Waals surface area contributed by atoms with Gasteiger partial charge >= 0.3 is 116 Å². The Labute approximate surface area is 117 Å². The van der Waals surface area contributed by atoms with E-state index in [2.05, 4.69) is 4.90 Å². The zero-order valence-electron chi connectivity index (χ0n) is 10.6.